The Balaban J connectivity index is 2.98. The van der Waals surface area contributed by atoms with Gasteiger partial charge in [0.05, 0.1) is 17.8 Å². The molecule has 0 atom stereocenters. The van der Waals surface area contributed by atoms with Crippen molar-refractivity contribution in [3.8, 4) is 0 Å². The molecule has 0 aromatic carbocycles. The molecule has 0 unspecified atom stereocenters. The van der Waals surface area contributed by atoms with Crippen molar-refractivity contribution >= 4 is 16.0 Å². The minimum absolute atomic E-state index is 0.0215. The van der Waals surface area contributed by atoms with Crippen LogP contribution >= 0.6 is 0 Å². The molecule has 0 aliphatic rings. The molecule has 120 valence electrons. The lowest BCUT2D eigenvalue weighted by atomic mass is 10.4. The van der Waals surface area contributed by atoms with Crippen LogP contribution in [0.25, 0.3) is 0 Å². The molecule has 21 heavy (non-hydrogen) atoms. The van der Waals surface area contributed by atoms with Crippen LogP contribution in [-0.2, 0) is 21.4 Å². The van der Waals surface area contributed by atoms with Gasteiger partial charge in [-0.25, -0.2) is 13.1 Å². The van der Waals surface area contributed by atoms with Gasteiger partial charge in [-0.15, -0.1) is 0 Å². The van der Waals surface area contributed by atoms with Gasteiger partial charge in [-0.2, -0.15) is 18.3 Å². The minimum Gasteiger partial charge on any atom is -0.480 e. The number of nitrogens with zero attached hydrogens (tertiary/aromatic N) is 2. The first kappa shape index (κ1) is 17.4. The molecule has 1 aromatic heterocycles. The highest BCUT2D eigenvalue weighted by Crippen LogP contribution is 2.21. The van der Waals surface area contributed by atoms with Gasteiger partial charge >= 0.3 is 12.1 Å². The Morgan fingerprint density at radius 3 is 2.43 bits per heavy atom. The first-order valence-electron chi connectivity index (χ1n) is 5.76. The number of aromatic nitrogens is 2. The van der Waals surface area contributed by atoms with Gasteiger partial charge in [0, 0.05) is 6.54 Å². The largest absolute Gasteiger partial charge is 0.480 e. The van der Waals surface area contributed by atoms with Crippen LogP contribution in [0.15, 0.2) is 4.90 Å². The summed E-state index contributed by atoms with van der Waals surface area (Å²) in [4.78, 5) is 10.3. The number of halogens is 3. The van der Waals surface area contributed by atoms with Crippen molar-refractivity contribution in [2.24, 2.45) is 0 Å². The molecule has 0 saturated carbocycles. The van der Waals surface area contributed by atoms with E-state index >= 15 is 0 Å². The normalized spacial score (nSPS) is 12.6. The Labute approximate surface area is 118 Å². The number of aryl methyl sites for hydroxylation is 1. The van der Waals surface area contributed by atoms with Crippen LogP contribution in [-0.4, -0.2) is 42.0 Å². The minimum atomic E-state index is -4.47. The fourth-order valence-electron chi connectivity index (χ4n) is 1.75. The average molecular weight is 329 g/mol. The molecule has 0 amide bonds. The molecule has 1 heterocycles. The van der Waals surface area contributed by atoms with Crippen LogP contribution in [0.4, 0.5) is 13.2 Å². The molecule has 0 spiro atoms. The average Bonchev–Trinajstić information content (AvgIpc) is 2.50. The Bertz CT molecular complexity index is 637. The second kappa shape index (κ2) is 6.02. The summed E-state index contributed by atoms with van der Waals surface area (Å²) in [5.41, 5.74) is 0.0719. The molecule has 0 aliphatic carbocycles. The molecule has 0 fully saturated rings. The smallest absolute Gasteiger partial charge is 0.390 e. The number of hydrogen-bond donors (Lipinski definition) is 2. The molecule has 1 aromatic rings. The fourth-order valence-corrected chi connectivity index (χ4v) is 3.19. The zero-order chi connectivity index (χ0) is 16.4. The Hall–Kier alpha value is -1.62. The highest BCUT2D eigenvalue weighted by molar-refractivity contribution is 7.89. The summed E-state index contributed by atoms with van der Waals surface area (Å²) in [7, 11) is -4.19. The predicted molar refractivity (Wildman–Crippen MR) is 65.2 cm³/mol. The lowest BCUT2D eigenvalue weighted by Gasteiger charge is -2.09. The summed E-state index contributed by atoms with van der Waals surface area (Å²) < 4.78 is 62.8. The Morgan fingerprint density at radius 1 is 1.38 bits per heavy atom. The summed E-state index contributed by atoms with van der Waals surface area (Å²) in [6.45, 7) is 1.34. The van der Waals surface area contributed by atoms with Crippen molar-refractivity contribution in [2.75, 3.05) is 6.54 Å². The maximum atomic E-state index is 12.0. The third-order valence-electron chi connectivity index (χ3n) is 2.57. The summed E-state index contributed by atoms with van der Waals surface area (Å²) in [5, 5.41) is 12.4. The monoisotopic (exact) mass is 329 g/mol. The van der Waals surface area contributed by atoms with Crippen LogP contribution in [0.5, 0.6) is 0 Å². The SMILES string of the molecule is Cc1nn(CC(=O)O)c(C)c1S(=O)(=O)NCCC(F)(F)F. The quantitative estimate of drug-likeness (QED) is 0.804. The van der Waals surface area contributed by atoms with Gasteiger partial charge in [-0.05, 0) is 13.8 Å². The molecule has 7 nitrogen and oxygen atoms in total. The molecule has 0 radical (unpaired) electrons. The van der Waals surface area contributed by atoms with Crippen molar-refractivity contribution in [1.82, 2.24) is 14.5 Å². The maximum absolute atomic E-state index is 12.0. The van der Waals surface area contributed by atoms with Crippen LogP contribution < -0.4 is 4.72 Å². The number of aliphatic carboxylic acids is 1. The molecule has 1 rings (SSSR count). The summed E-state index contributed by atoms with van der Waals surface area (Å²) in [6, 6.07) is 0. The van der Waals surface area contributed by atoms with E-state index in [0.29, 0.717) is 0 Å². The number of carboxylic acid groups (broad SMARTS) is 1. The van der Waals surface area contributed by atoms with E-state index in [2.05, 4.69) is 5.10 Å². The van der Waals surface area contributed by atoms with E-state index in [9.17, 15) is 26.4 Å². The number of carbonyl (C=O) groups is 1. The van der Waals surface area contributed by atoms with Crippen LogP contribution in [0.2, 0.25) is 0 Å². The summed E-state index contributed by atoms with van der Waals surface area (Å²) >= 11 is 0. The lowest BCUT2D eigenvalue weighted by molar-refractivity contribution is -0.138. The van der Waals surface area contributed by atoms with Gasteiger partial charge in [-0.3, -0.25) is 9.48 Å². The number of hydrogen-bond acceptors (Lipinski definition) is 4. The van der Waals surface area contributed by atoms with Gasteiger partial charge in [0.25, 0.3) is 0 Å². The van der Waals surface area contributed by atoms with Gasteiger partial charge < -0.3 is 5.11 Å². The predicted octanol–water partition coefficient (Wildman–Crippen LogP) is 0.815. The highest BCUT2D eigenvalue weighted by Gasteiger charge is 2.29. The van der Waals surface area contributed by atoms with Gasteiger partial charge in [0.2, 0.25) is 10.0 Å². The summed E-state index contributed by atoms with van der Waals surface area (Å²) in [5.74, 6) is -1.21. The first-order chi connectivity index (χ1) is 9.44. The van der Waals surface area contributed by atoms with E-state index in [1.807, 2.05) is 4.72 Å². The Morgan fingerprint density at radius 2 is 1.95 bits per heavy atom. The standard InChI is InChI=1S/C10H14F3N3O4S/c1-6-9(7(2)16(15-6)5-8(17)18)21(19,20)14-4-3-10(11,12)13/h14H,3-5H2,1-2H3,(H,17,18). The van der Waals surface area contributed by atoms with Gasteiger partial charge in [0.1, 0.15) is 11.4 Å². The first-order valence-corrected chi connectivity index (χ1v) is 7.24. The van der Waals surface area contributed by atoms with Crippen molar-refractivity contribution < 1.29 is 31.5 Å². The molecule has 0 saturated heterocycles. The molecule has 0 aliphatic heterocycles. The third kappa shape index (κ3) is 4.70. The number of alkyl halides is 3. The zero-order valence-electron chi connectivity index (χ0n) is 11.2. The fraction of sp³-hybridized carbons (Fsp3) is 0.600. The molecule has 11 heteroatoms. The van der Waals surface area contributed by atoms with Crippen molar-refractivity contribution in [3.63, 3.8) is 0 Å². The number of sulfonamides is 1. The van der Waals surface area contributed by atoms with Gasteiger partial charge in [-0.1, -0.05) is 0 Å². The third-order valence-corrected chi connectivity index (χ3v) is 4.28. The van der Waals surface area contributed by atoms with Crippen molar-refractivity contribution in [3.05, 3.63) is 11.4 Å². The van der Waals surface area contributed by atoms with E-state index in [1.54, 1.807) is 0 Å². The van der Waals surface area contributed by atoms with Crippen LogP contribution in [0.1, 0.15) is 17.8 Å². The second-order valence-electron chi connectivity index (χ2n) is 4.31. The van der Waals surface area contributed by atoms with Crippen molar-refractivity contribution in [1.29, 1.82) is 0 Å². The molecule has 2 N–H and O–H groups in total. The number of nitrogens with one attached hydrogen (secondary N) is 1. The number of rotatable bonds is 6. The van der Waals surface area contributed by atoms with Crippen molar-refractivity contribution in [2.45, 2.75) is 37.9 Å². The number of carboxylic acids is 1. The zero-order valence-corrected chi connectivity index (χ0v) is 12.0. The van der Waals surface area contributed by atoms with Crippen LogP contribution in [0, 0.1) is 13.8 Å². The van der Waals surface area contributed by atoms with E-state index in [-0.39, 0.29) is 16.3 Å². The lowest BCUT2D eigenvalue weighted by Crippen LogP contribution is -2.29. The molecule has 0 bridgehead atoms. The topological polar surface area (TPSA) is 101 Å². The maximum Gasteiger partial charge on any atom is 0.390 e. The molecular formula is C10H14F3N3O4S. The molecular weight excluding hydrogens is 315 g/mol. The highest BCUT2D eigenvalue weighted by atomic mass is 32.2. The summed E-state index contributed by atoms with van der Waals surface area (Å²) in [6.07, 6.45) is -5.77. The van der Waals surface area contributed by atoms with E-state index < -0.39 is 41.7 Å². The van der Waals surface area contributed by atoms with Crippen LogP contribution in [0.3, 0.4) is 0 Å². The second-order valence-corrected chi connectivity index (χ2v) is 6.02. The van der Waals surface area contributed by atoms with E-state index in [4.69, 9.17) is 5.11 Å². The van der Waals surface area contributed by atoms with E-state index in [0.717, 1.165) is 4.68 Å². The van der Waals surface area contributed by atoms with E-state index in [1.165, 1.54) is 13.8 Å². The van der Waals surface area contributed by atoms with Gasteiger partial charge in [0.15, 0.2) is 0 Å². The Kier molecular flexibility index (Phi) is 4.99.